The van der Waals surface area contributed by atoms with Crippen LogP contribution in [0.3, 0.4) is 0 Å². The minimum Gasteiger partial charge on any atom is -0.454 e. The fraction of sp³-hybridized carbons (Fsp3) is 0.529. The molecular formula is C17H23N2O3. The SMILES string of the molecule is [CH2]C(C)CC(=O)N1CCN(Cc2ccc3c(c2)OCO3)CC1. The van der Waals surface area contributed by atoms with Gasteiger partial charge in [0.25, 0.3) is 0 Å². The van der Waals surface area contributed by atoms with Crippen molar-refractivity contribution < 1.29 is 14.3 Å². The molecule has 119 valence electrons. The van der Waals surface area contributed by atoms with Gasteiger partial charge in [-0.1, -0.05) is 13.0 Å². The molecule has 1 amide bonds. The third kappa shape index (κ3) is 3.53. The fourth-order valence-electron chi connectivity index (χ4n) is 2.88. The summed E-state index contributed by atoms with van der Waals surface area (Å²) in [6.45, 7) is 10.5. The monoisotopic (exact) mass is 303 g/mol. The molecule has 1 radical (unpaired) electrons. The van der Waals surface area contributed by atoms with Gasteiger partial charge in [0, 0.05) is 39.1 Å². The molecule has 1 aromatic rings. The maximum Gasteiger partial charge on any atom is 0.231 e. The van der Waals surface area contributed by atoms with Gasteiger partial charge in [-0.15, -0.1) is 0 Å². The Morgan fingerprint density at radius 1 is 1.23 bits per heavy atom. The second-order valence-corrected chi connectivity index (χ2v) is 6.15. The van der Waals surface area contributed by atoms with E-state index < -0.39 is 0 Å². The van der Waals surface area contributed by atoms with Crippen molar-refractivity contribution in [2.75, 3.05) is 33.0 Å². The molecule has 5 heteroatoms. The van der Waals surface area contributed by atoms with E-state index in [9.17, 15) is 4.79 Å². The second kappa shape index (κ2) is 6.57. The lowest BCUT2D eigenvalue weighted by atomic mass is 10.1. The van der Waals surface area contributed by atoms with Gasteiger partial charge in [0.05, 0.1) is 0 Å². The van der Waals surface area contributed by atoms with Gasteiger partial charge in [0.1, 0.15) is 0 Å². The standard InChI is InChI=1S/C17H23N2O3/c1-13(2)9-17(20)19-7-5-18(6-8-19)11-14-3-4-15-16(10-14)22-12-21-15/h3-4,10,13H,1,5-9,11-12H2,2H3. The van der Waals surface area contributed by atoms with Crippen molar-refractivity contribution in [3.63, 3.8) is 0 Å². The molecule has 2 heterocycles. The van der Waals surface area contributed by atoms with Crippen LogP contribution >= 0.6 is 0 Å². The second-order valence-electron chi connectivity index (χ2n) is 6.15. The summed E-state index contributed by atoms with van der Waals surface area (Å²) in [5.41, 5.74) is 1.22. The molecule has 0 aromatic heterocycles. The first-order valence-electron chi connectivity index (χ1n) is 7.83. The smallest absolute Gasteiger partial charge is 0.231 e. The number of carbonyl (C=O) groups is 1. The highest BCUT2D eigenvalue weighted by atomic mass is 16.7. The van der Waals surface area contributed by atoms with E-state index in [4.69, 9.17) is 9.47 Å². The van der Waals surface area contributed by atoms with Crippen molar-refractivity contribution in [2.24, 2.45) is 5.92 Å². The summed E-state index contributed by atoms with van der Waals surface area (Å²) in [7, 11) is 0. The summed E-state index contributed by atoms with van der Waals surface area (Å²) in [6.07, 6.45) is 0.544. The van der Waals surface area contributed by atoms with Crippen LogP contribution < -0.4 is 9.47 Å². The zero-order valence-corrected chi connectivity index (χ0v) is 13.1. The Morgan fingerprint density at radius 2 is 1.95 bits per heavy atom. The van der Waals surface area contributed by atoms with Crippen LogP contribution in [0.4, 0.5) is 0 Å². The Hall–Kier alpha value is -1.75. The Morgan fingerprint density at radius 3 is 2.68 bits per heavy atom. The summed E-state index contributed by atoms with van der Waals surface area (Å²) >= 11 is 0. The lowest BCUT2D eigenvalue weighted by molar-refractivity contribution is -0.133. The van der Waals surface area contributed by atoms with E-state index in [0.29, 0.717) is 13.2 Å². The number of nitrogens with zero attached hydrogens (tertiary/aromatic N) is 2. The lowest BCUT2D eigenvalue weighted by Crippen LogP contribution is -2.48. The number of benzene rings is 1. The first-order valence-corrected chi connectivity index (χ1v) is 7.83. The molecule has 1 aromatic carbocycles. The topological polar surface area (TPSA) is 42.0 Å². The number of carbonyl (C=O) groups excluding carboxylic acids is 1. The zero-order valence-electron chi connectivity index (χ0n) is 13.1. The molecule has 3 rings (SSSR count). The van der Waals surface area contributed by atoms with E-state index in [1.807, 2.05) is 24.0 Å². The minimum absolute atomic E-state index is 0.180. The van der Waals surface area contributed by atoms with Crippen LogP contribution in [0.25, 0.3) is 0 Å². The average Bonchev–Trinajstić information content (AvgIpc) is 2.95. The molecule has 0 N–H and O–H groups in total. The molecule has 0 aliphatic carbocycles. The zero-order chi connectivity index (χ0) is 15.5. The van der Waals surface area contributed by atoms with Crippen LogP contribution in [0, 0.1) is 12.8 Å². The fourth-order valence-corrected chi connectivity index (χ4v) is 2.88. The summed E-state index contributed by atoms with van der Waals surface area (Å²) in [5, 5.41) is 0. The van der Waals surface area contributed by atoms with Gasteiger partial charge in [-0.25, -0.2) is 0 Å². The van der Waals surface area contributed by atoms with Gasteiger partial charge in [0.2, 0.25) is 12.7 Å². The van der Waals surface area contributed by atoms with E-state index in [2.05, 4.69) is 17.9 Å². The molecule has 2 aliphatic heterocycles. The van der Waals surface area contributed by atoms with E-state index >= 15 is 0 Å². The van der Waals surface area contributed by atoms with Crippen molar-refractivity contribution in [3.8, 4) is 11.5 Å². The normalized spacial score (nSPS) is 18.0. The summed E-state index contributed by atoms with van der Waals surface area (Å²) in [5.74, 6) is 2.06. The third-order valence-corrected chi connectivity index (χ3v) is 4.09. The molecule has 1 saturated heterocycles. The molecule has 1 fully saturated rings. The third-order valence-electron chi connectivity index (χ3n) is 4.09. The van der Waals surface area contributed by atoms with Crippen molar-refractivity contribution in [1.29, 1.82) is 0 Å². The Bertz CT molecular complexity index is 537. The molecule has 0 spiro atoms. The highest BCUT2D eigenvalue weighted by Crippen LogP contribution is 2.32. The summed E-state index contributed by atoms with van der Waals surface area (Å²) in [4.78, 5) is 16.4. The molecule has 0 saturated carbocycles. The Labute approximate surface area is 131 Å². The van der Waals surface area contributed by atoms with E-state index in [-0.39, 0.29) is 11.8 Å². The van der Waals surface area contributed by atoms with Crippen LogP contribution in [0.1, 0.15) is 18.9 Å². The maximum atomic E-state index is 12.0. The van der Waals surface area contributed by atoms with Crippen molar-refractivity contribution in [3.05, 3.63) is 30.7 Å². The van der Waals surface area contributed by atoms with E-state index in [1.54, 1.807) is 0 Å². The van der Waals surface area contributed by atoms with E-state index in [1.165, 1.54) is 5.56 Å². The van der Waals surface area contributed by atoms with E-state index in [0.717, 1.165) is 44.2 Å². The molecule has 0 bridgehead atoms. The number of piperazine rings is 1. The van der Waals surface area contributed by atoms with Crippen LogP contribution in [-0.4, -0.2) is 48.7 Å². The highest BCUT2D eigenvalue weighted by molar-refractivity contribution is 5.76. The summed E-state index contributed by atoms with van der Waals surface area (Å²) in [6, 6.07) is 6.09. The first-order chi connectivity index (χ1) is 10.6. The number of rotatable bonds is 4. The Balaban J connectivity index is 1.51. The molecule has 2 aliphatic rings. The van der Waals surface area contributed by atoms with Crippen LogP contribution in [0.15, 0.2) is 18.2 Å². The van der Waals surface area contributed by atoms with Crippen LogP contribution in [-0.2, 0) is 11.3 Å². The predicted octanol–water partition coefficient (Wildman–Crippen LogP) is 1.92. The lowest BCUT2D eigenvalue weighted by Gasteiger charge is -2.35. The van der Waals surface area contributed by atoms with Gasteiger partial charge in [0.15, 0.2) is 11.5 Å². The molecule has 1 unspecified atom stereocenters. The quantitative estimate of drug-likeness (QED) is 0.852. The van der Waals surface area contributed by atoms with Crippen molar-refractivity contribution in [2.45, 2.75) is 19.9 Å². The number of amides is 1. The molecular weight excluding hydrogens is 280 g/mol. The Kier molecular flexibility index (Phi) is 4.52. The van der Waals surface area contributed by atoms with Crippen LogP contribution in [0.5, 0.6) is 11.5 Å². The van der Waals surface area contributed by atoms with Crippen molar-refractivity contribution in [1.82, 2.24) is 9.80 Å². The van der Waals surface area contributed by atoms with Crippen LogP contribution in [0.2, 0.25) is 0 Å². The van der Waals surface area contributed by atoms with Crippen molar-refractivity contribution >= 4 is 5.91 Å². The van der Waals surface area contributed by atoms with Gasteiger partial charge in [-0.2, -0.15) is 0 Å². The highest BCUT2D eigenvalue weighted by Gasteiger charge is 2.22. The largest absolute Gasteiger partial charge is 0.454 e. The number of fused-ring (bicyclic) bond motifs is 1. The summed E-state index contributed by atoms with van der Waals surface area (Å²) < 4.78 is 10.7. The minimum atomic E-state index is 0.180. The maximum absolute atomic E-state index is 12.0. The average molecular weight is 303 g/mol. The van der Waals surface area contributed by atoms with Gasteiger partial charge in [-0.3, -0.25) is 9.69 Å². The van der Waals surface area contributed by atoms with Gasteiger partial charge < -0.3 is 14.4 Å². The molecule has 5 nitrogen and oxygen atoms in total. The first kappa shape index (κ1) is 15.2. The number of ether oxygens (including phenoxy) is 2. The predicted molar refractivity (Wildman–Crippen MR) is 83.6 cm³/mol. The van der Waals surface area contributed by atoms with Gasteiger partial charge >= 0.3 is 0 Å². The molecule has 22 heavy (non-hydrogen) atoms. The number of hydrogen-bond donors (Lipinski definition) is 0. The molecule has 1 atom stereocenters. The van der Waals surface area contributed by atoms with Gasteiger partial charge in [-0.05, 0) is 30.5 Å². The number of hydrogen-bond acceptors (Lipinski definition) is 4.